The van der Waals surface area contributed by atoms with Gasteiger partial charge in [-0.25, -0.2) is 4.98 Å². The molecule has 7 heteroatoms. The smallest absolute Gasteiger partial charge is 0.219 e. The van der Waals surface area contributed by atoms with E-state index in [2.05, 4.69) is 72.4 Å². The predicted molar refractivity (Wildman–Crippen MR) is 176 cm³/mol. The number of aromatic hydroxyl groups is 1. The zero-order valence-electron chi connectivity index (χ0n) is 24.9. The molecule has 0 aliphatic heterocycles. The fraction of sp³-hybridized carbons (Fsp3) is 0.105. The molecule has 8 rings (SSSR count). The van der Waals surface area contributed by atoms with Crippen molar-refractivity contribution in [1.82, 2.24) is 19.1 Å². The van der Waals surface area contributed by atoms with Gasteiger partial charge in [0.15, 0.2) is 0 Å². The number of pyridine rings is 2. The number of fused-ring (bicyclic) bond motifs is 6. The maximum atomic E-state index is 11.0. The summed E-state index contributed by atoms with van der Waals surface area (Å²) >= 11 is 0. The first-order valence-electron chi connectivity index (χ1n) is 14.7. The molecule has 0 aliphatic rings. The molecule has 0 atom stereocenters. The Morgan fingerprint density at radius 1 is 0.733 bits per heavy atom. The van der Waals surface area contributed by atoms with Crippen LogP contribution in [0.2, 0.25) is 0 Å². The molecule has 45 heavy (non-hydrogen) atoms. The van der Waals surface area contributed by atoms with Crippen molar-refractivity contribution in [2.75, 3.05) is 0 Å². The average Bonchev–Trinajstić information content (AvgIpc) is 3.54. The molecule has 0 aliphatic carbocycles. The van der Waals surface area contributed by atoms with Crippen LogP contribution in [0.15, 0.2) is 115 Å². The van der Waals surface area contributed by atoms with E-state index in [1.54, 1.807) is 6.07 Å². The molecule has 224 valence electrons. The number of nitrogens with zero attached hydrogens (tertiary/aromatic N) is 4. The number of hydrogen-bond donors (Lipinski definition) is 1. The number of rotatable bonds is 4. The quantitative estimate of drug-likeness (QED) is 0.182. The Morgan fingerprint density at radius 2 is 1.49 bits per heavy atom. The van der Waals surface area contributed by atoms with Crippen molar-refractivity contribution in [3.8, 4) is 28.9 Å². The molecule has 0 unspecified atom stereocenters. The van der Waals surface area contributed by atoms with Crippen LogP contribution in [0.4, 0.5) is 0 Å². The van der Waals surface area contributed by atoms with Gasteiger partial charge in [0.25, 0.3) is 0 Å². The van der Waals surface area contributed by atoms with E-state index in [4.69, 9.17) is 14.7 Å². The number of aromatic nitrogens is 4. The molecule has 4 aromatic carbocycles. The zero-order valence-corrected chi connectivity index (χ0v) is 27.2. The van der Waals surface area contributed by atoms with Crippen molar-refractivity contribution in [3.05, 3.63) is 127 Å². The van der Waals surface area contributed by atoms with Crippen LogP contribution in [0.1, 0.15) is 26.3 Å². The molecular formula is C38H29N4O2Pt-. The second-order valence-electron chi connectivity index (χ2n) is 12.1. The molecule has 1 N–H and O–H groups in total. The van der Waals surface area contributed by atoms with E-state index >= 15 is 0 Å². The van der Waals surface area contributed by atoms with E-state index in [9.17, 15) is 5.11 Å². The van der Waals surface area contributed by atoms with Crippen LogP contribution in [0.25, 0.3) is 55.2 Å². The van der Waals surface area contributed by atoms with Crippen LogP contribution in [0.5, 0.6) is 17.4 Å². The second kappa shape index (κ2) is 10.9. The van der Waals surface area contributed by atoms with Crippen LogP contribution in [0.3, 0.4) is 0 Å². The molecule has 8 aromatic rings. The van der Waals surface area contributed by atoms with Gasteiger partial charge in [-0.15, -0.1) is 11.5 Å². The van der Waals surface area contributed by atoms with Crippen LogP contribution in [0, 0.1) is 6.07 Å². The molecule has 0 saturated heterocycles. The van der Waals surface area contributed by atoms with Crippen molar-refractivity contribution in [3.63, 3.8) is 0 Å². The van der Waals surface area contributed by atoms with Gasteiger partial charge in [-0.3, -0.25) is 4.57 Å². The molecule has 4 heterocycles. The Morgan fingerprint density at radius 3 is 2.31 bits per heavy atom. The van der Waals surface area contributed by atoms with Gasteiger partial charge in [0.1, 0.15) is 11.5 Å². The van der Waals surface area contributed by atoms with Gasteiger partial charge in [-0.1, -0.05) is 75.4 Å². The first-order chi connectivity index (χ1) is 21.4. The monoisotopic (exact) mass is 768 g/mol. The number of para-hydroxylation sites is 2. The summed E-state index contributed by atoms with van der Waals surface area (Å²) in [6, 6.07) is 39.5. The van der Waals surface area contributed by atoms with Crippen LogP contribution in [-0.4, -0.2) is 24.2 Å². The molecule has 0 amide bonds. The molecule has 0 spiro atoms. The number of ether oxygens (including phenoxy) is 1. The van der Waals surface area contributed by atoms with Crippen molar-refractivity contribution in [1.29, 1.82) is 0 Å². The van der Waals surface area contributed by atoms with E-state index < -0.39 is 0 Å². The topological polar surface area (TPSA) is 65.1 Å². The maximum absolute atomic E-state index is 11.0. The molecule has 0 bridgehead atoms. The Kier molecular flexibility index (Phi) is 6.98. The fourth-order valence-electron chi connectivity index (χ4n) is 6.09. The third-order valence-electron chi connectivity index (χ3n) is 8.20. The summed E-state index contributed by atoms with van der Waals surface area (Å²) in [5.74, 6) is 1.90. The maximum Gasteiger partial charge on any atom is 0.219 e. The van der Waals surface area contributed by atoms with Gasteiger partial charge in [-0.2, -0.15) is 4.98 Å². The van der Waals surface area contributed by atoms with Crippen LogP contribution >= 0.6 is 0 Å². The first kappa shape index (κ1) is 28.8. The van der Waals surface area contributed by atoms with Gasteiger partial charge in [0, 0.05) is 61.1 Å². The normalized spacial score (nSPS) is 11.8. The van der Waals surface area contributed by atoms with Gasteiger partial charge < -0.3 is 14.4 Å². The van der Waals surface area contributed by atoms with Crippen molar-refractivity contribution in [2.24, 2.45) is 0 Å². The second-order valence-corrected chi connectivity index (χ2v) is 12.1. The molecule has 0 radical (unpaired) electrons. The summed E-state index contributed by atoms with van der Waals surface area (Å²) < 4.78 is 10.7. The average molecular weight is 769 g/mol. The van der Waals surface area contributed by atoms with Gasteiger partial charge in [0.2, 0.25) is 5.88 Å². The number of benzene rings is 4. The van der Waals surface area contributed by atoms with E-state index in [-0.39, 0.29) is 32.2 Å². The third kappa shape index (κ3) is 4.77. The summed E-state index contributed by atoms with van der Waals surface area (Å²) in [6.07, 6.45) is 1.81. The summed E-state index contributed by atoms with van der Waals surface area (Å²) in [7, 11) is 0. The molecule has 0 fully saturated rings. The minimum Gasteiger partial charge on any atom is -0.517 e. The standard InChI is InChI=1S/C38H29N4O2.Pt/c1-38(2,3)24-21-34(42-30-15-8-7-13-27(30)28-14-10-20-39-37(28)42)40-35(22-24)44-26-18-19-31-29(23-26)36-32(16-9-17-33(36)43)41(31)25-11-5-4-6-12-25;/h4-22,43H,1-3H3;/q-1;. The van der Waals surface area contributed by atoms with Crippen LogP contribution in [-0.2, 0) is 26.5 Å². The summed E-state index contributed by atoms with van der Waals surface area (Å²) in [5, 5.41) is 14.7. The predicted octanol–water partition coefficient (Wildman–Crippen LogP) is 9.26. The van der Waals surface area contributed by atoms with Gasteiger partial charge in [0.05, 0.1) is 11.3 Å². The van der Waals surface area contributed by atoms with Crippen molar-refractivity contribution >= 4 is 43.7 Å². The largest absolute Gasteiger partial charge is 0.517 e. The SMILES string of the molecule is CC(C)(C)c1cc(Oc2[c-]c3c4c(O)cccc4n(-c4ccccc4)c3cc2)nc(-n2c3ccccc3c3cccnc32)c1.[Pt]. The number of phenolic OH excluding ortho intramolecular Hbond substituents is 1. The van der Waals surface area contributed by atoms with E-state index in [0.29, 0.717) is 11.6 Å². The van der Waals surface area contributed by atoms with E-state index in [0.717, 1.165) is 60.8 Å². The molecule has 0 saturated carbocycles. The Bertz CT molecular complexity index is 2320. The molecular weight excluding hydrogens is 740 g/mol. The zero-order chi connectivity index (χ0) is 30.0. The summed E-state index contributed by atoms with van der Waals surface area (Å²) in [6.45, 7) is 6.54. The minimum absolute atomic E-state index is 0. The van der Waals surface area contributed by atoms with Crippen molar-refractivity contribution in [2.45, 2.75) is 26.2 Å². The third-order valence-corrected chi connectivity index (χ3v) is 8.20. The van der Waals surface area contributed by atoms with E-state index in [1.807, 2.05) is 72.9 Å². The summed E-state index contributed by atoms with van der Waals surface area (Å²) in [5.41, 5.74) is 5.62. The first-order valence-corrected chi connectivity index (χ1v) is 14.7. The summed E-state index contributed by atoms with van der Waals surface area (Å²) in [4.78, 5) is 9.77. The Hall–Kier alpha value is -4.93. The Labute approximate surface area is 274 Å². The Balaban J connectivity index is 0.00000325. The molecule has 4 aromatic heterocycles. The van der Waals surface area contributed by atoms with Gasteiger partial charge in [-0.05, 0) is 70.4 Å². The molecule has 6 nitrogen and oxygen atoms in total. The number of phenols is 1. The van der Waals surface area contributed by atoms with Gasteiger partial charge >= 0.3 is 0 Å². The number of hydrogen-bond acceptors (Lipinski definition) is 4. The van der Waals surface area contributed by atoms with Crippen LogP contribution < -0.4 is 4.74 Å². The van der Waals surface area contributed by atoms with E-state index in [1.165, 1.54) is 0 Å². The fourth-order valence-corrected chi connectivity index (χ4v) is 6.09. The minimum atomic E-state index is -0.162. The van der Waals surface area contributed by atoms with Crippen molar-refractivity contribution < 1.29 is 30.9 Å².